The molecule has 1 amide bonds. The van der Waals surface area contributed by atoms with Crippen molar-refractivity contribution in [3.05, 3.63) is 0 Å². The maximum Gasteiger partial charge on any atom is 0.407 e. The van der Waals surface area contributed by atoms with E-state index in [-0.39, 0.29) is 6.09 Å². The van der Waals surface area contributed by atoms with Crippen LogP contribution < -0.4 is 16.0 Å². The van der Waals surface area contributed by atoms with Gasteiger partial charge < -0.3 is 20.7 Å². The topological polar surface area (TPSA) is 62.4 Å². The van der Waals surface area contributed by atoms with Gasteiger partial charge >= 0.3 is 6.09 Å². The van der Waals surface area contributed by atoms with E-state index in [9.17, 15) is 4.79 Å². The van der Waals surface area contributed by atoms with Crippen molar-refractivity contribution >= 4 is 6.09 Å². The molecule has 1 heterocycles. The van der Waals surface area contributed by atoms with Crippen LogP contribution in [0.2, 0.25) is 0 Å². The Morgan fingerprint density at radius 3 is 2.76 bits per heavy atom. The first-order valence-electron chi connectivity index (χ1n) is 6.38. The smallest absolute Gasteiger partial charge is 0.407 e. The normalized spacial score (nSPS) is 21.0. The van der Waals surface area contributed by atoms with Crippen molar-refractivity contribution in [2.45, 2.75) is 45.3 Å². The standard InChI is InChI=1S/C12H25N3O2/c1-12(2,3)17-11(16)15-8-7-14-10-5-4-6-13-9-10/h10,13-14H,4-9H2,1-3H3,(H,15,16). The van der Waals surface area contributed by atoms with Gasteiger partial charge in [-0.2, -0.15) is 0 Å². The minimum atomic E-state index is -0.426. The maximum atomic E-state index is 11.3. The van der Waals surface area contributed by atoms with E-state index in [1.165, 1.54) is 12.8 Å². The molecule has 0 aromatic heterocycles. The first-order chi connectivity index (χ1) is 7.97. The molecule has 5 nitrogen and oxygen atoms in total. The third-order valence-corrected chi connectivity index (χ3v) is 2.52. The van der Waals surface area contributed by atoms with Crippen molar-refractivity contribution in [3.63, 3.8) is 0 Å². The van der Waals surface area contributed by atoms with Crippen molar-refractivity contribution < 1.29 is 9.53 Å². The summed E-state index contributed by atoms with van der Waals surface area (Å²) >= 11 is 0. The number of rotatable bonds is 4. The van der Waals surface area contributed by atoms with E-state index in [0.717, 1.165) is 19.6 Å². The van der Waals surface area contributed by atoms with Crippen LogP contribution in [0, 0.1) is 0 Å². The van der Waals surface area contributed by atoms with Crippen LogP contribution in [-0.2, 0) is 4.74 Å². The van der Waals surface area contributed by atoms with Crippen LogP contribution >= 0.6 is 0 Å². The summed E-state index contributed by atoms with van der Waals surface area (Å²) < 4.78 is 5.14. The second kappa shape index (κ2) is 6.81. The Morgan fingerprint density at radius 1 is 1.41 bits per heavy atom. The number of alkyl carbamates (subject to hydrolysis) is 1. The third-order valence-electron chi connectivity index (χ3n) is 2.52. The molecule has 0 aliphatic carbocycles. The molecule has 0 aromatic rings. The third kappa shape index (κ3) is 7.18. The van der Waals surface area contributed by atoms with Gasteiger partial charge in [-0.25, -0.2) is 4.79 Å². The summed E-state index contributed by atoms with van der Waals surface area (Å²) in [6.07, 6.45) is 2.08. The van der Waals surface area contributed by atoms with Gasteiger partial charge in [0, 0.05) is 25.7 Å². The summed E-state index contributed by atoms with van der Waals surface area (Å²) in [5, 5.41) is 9.48. The summed E-state index contributed by atoms with van der Waals surface area (Å²) in [5.41, 5.74) is -0.426. The van der Waals surface area contributed by atoms with Gasteiger partial charge in [-0.1, -0.05) is 0 Å². The summed E-state index contributed by atoms with van der Waals surface area (Å²) in [5.74, 6) is 0. The molecule has 1 rings (SSSR count). The number of carbonyl (C=O) groups is 1. The number of amides is 1. The SMILES string of the molecule is CC(C)(C)OC(=O)NCCNC1CCCNC1. The predicted molar refractivity (Wildman–Crippen MR) is 68.1 cm³/mol. The zero-order valence-electron chi connectivity index (χ0n) is 11.1. The molecule has 1 aliphatic rings. The second-order valence-corrected chi connectivity index (χ2v) is 5.43. The molecule has 17 heavy (non-hydrogen) atoms. The Balaban J connectivity index is 2.01. The lowest BCUT2D eigenvalue weighted by atomic mass is 10.1. The molecule has 1 atom stereocenters. The summed E-state index contributed by atoms with van der Waals surface area (Å²) in [7, 11) is 0. The van der Waals surface area contributed by atoms with Crippen LogP contribution in [0.3, 0.4) is 0 Å². The lowest BCUT2D eigenvalue weighted by Gasteiger charge is -2.24. The quantitative estimate of drug-likeness (QED) is 0.641. The average Bonchev–Trinajstić information content (AvgIpc) is 2.23. The van der Waals surface area contributed by atoms with Gasteiger partial charge in [-0.05, 0) is 40.2 Å². The van der Waals surface area contributed by atoms with Crippen molar-refractivity contribution in [2.75, 3.05) is 26.2 Å². The Labute approximate surface area is 104 Å². The number of hydrogen-bond donors (Lipinski definition) is 3. The van der Waals surface area contributed by atoms with E-state index < -0.39 is 5.60 Å². The molecule has 1 aliphatic heterocycles. The highest BCUT2D eigenvalue weighted by molar-refractivity contribution is 5.67. The van der Waals surface area contributed by atoms with Gasteiger partial charge in [-0.15, -0.1) is 0 Å². The largest absolute Gasteiger partial charge is 0.444 e. The molecular formula is C12H25N3O2. The fraction of sp³-hybridized carbons (Fsp3) is 0.917. The highest BCUT2D eigenvalue weighted by Gasteiger charge is 2.16. The van der Waals surface area contributed by atoms with Crippen LogP contribution in [0.25, 0.3) is 0 Å². The highest BCUT2D eigenvalue weighted by Crippen LogP contribution is 2.06. The summed E-state index contributed by atoms with van der Waals surface area (Å²) in [6.45, 7) is 9.10. The molecule has 1 saturated heterocycles. The fourth-order valence-electron chi connectivity index (χ4n) is 1.78. The fourth-order valence-corrected chi connectivity index (χ4v) is 1.78. The Morgan fingerprint density at radius 2 is 2.18 bits per heavy atom. The number of ether oxygens (including phenoxy) is 1. The molecule has 0 bridgehead atoms. The highest BCUT2D eigenvalue weighted by atomic mass is 16.6. The zero-order chi connectivity index (χ0) is 12.7. The lowest BCUT2D eigenvalue weighted by molar-refractivity contribution is 0.0528. The number of carbonyl (C=O) groups excluding carboxylic acids is 1. The molecule has 0 aromatic carbocycles. The lowest BCUT2D eigenvalue weighted by Crippen LogP contribution is -2.45. The van der Waals surface area contributed by atoms with Gasteiger partial charge in [0.2, 0.25) is 0 Å². The van der Waals surface area contributed by atoms with E-state index in [2.05, 4.69) is 16.0 Å². The van der Waals surface area contributed by atoms with E-state index in [1.54, 1.807) is 0 Å². The molecule has 3 N–H and O–H groups in total. The Hall–Kier alpha value is -0.810. The van der Waals surface area contributed by atoms with Crippen LogP contribution in [0.4, 0.5) is 4.79 Å². The molecule has 5 heteroatoms. The first-order valence-corrected chi connectivity index (χ1v) is 6.38. The van der Waals surface area contributed by atoms with E-state index in [4.69, 9.17) is 4.74 Å². The molecule has 100 valence electrons. The summed E-state index contributed by atoms with van der Waals surface area (Å²) in [6, 6.07) is 0.532. The monoisotopic (exact) mass is 243 g/mol. The number of nitrogens with one attached hydrogen (secondary N) is 3. The van der Waals surface area contributed by atoms with Gasteiger partial charge in [0.15, 0.2) is 0 Å². The van der Waals surface area contributed by atoms with Crippen LogP contribution in [0.15, 0.2) is 0 Å². The van der Waals surface area contributed by atoms with Crippen molar-refractivity contribution in [1.82, 2.24) is 16.0 Å². The molecule has 1 fully saturated rings. The van der Waals surface area contributed by atoms with Crippen molar-refractivity contribution in [2.24, 2.45) is 0 Å². The Kier molecular flexibility index (Phi) is 5.71. The zero-order valence-corrected chi connectivity index (χ0v) is 11.1. The molecule has 0 radical (unpaired) electrons. The Bertz CT molecular complexity index is 232. The van der Waals surface area contributed by atoms with Crippen molar-refractivity contribution in [1.29, 1.82) is 0 Å². The van der Waals surface area contributed by atoms with Crippen LogP contribution in [0.5, 0.6) is 0 Å². The molecule has 0 saturated carbocycles. The first kappa shape index (κ1) is 14.3. The van der Waals surface area contributed by atoms with Gasteiger partial charge in [0.1, 0.15) is 5.60 Å². The minimum Gasteiger partial charge on any atom is -0.444 e. The van der Waals surface area contributed by atoms with E-state index in [1.807, 2.05) is 20.8 Å². The van der Waals surface area contributed by atoms with E-state index in [0.29, 0.717) is 12.6 Å². The second-order valence-electron chi connectivity index (χ2n) is 5.43. The minimum absolute atomic E-state index is 0.346. The van der Waals surface area contributed by atoms with Gasteiger partial charge in [0.25, 0.3) is 0 Å². The van der Waals surface area contributed by atoms with Crippen LogP contribution in [0.1, 0.15) is 33.6 Å². The molecule has 1 unspecified atom stereocenters. The maximum absolute atomic E-state index is 11.3. The predicted octanol–water partition coefficient (Wildman–Crippen LogP) is 0.853. The van der Waals surface area contributed by atoms with Crippen molar-refractivity contribution in [3.8, 4) is 0 Å². The van der Waals surface area contributed by atoms with Gasteiger partial charge in [0.05, 0.1) is 0 Å². The van der Waals surface area contributed by atoms with Gasteiger partial charge in [-0.3, -0.25) is 0 Å². The number of piperidine rings is 1. The van der Waals surface area contributed by atoms with E-state index >= 15 is 0 Å². The molecular weight excluding hydrogens is 218 g/mol. The van der Waals surface area contributed by atoms with Crippen LogP contribution in [-0.4, -0.2) is 43.9 Å². The molecule has 0 spiro atoms. The number of hydrogen-bond acceptors (Lipinski definition) is 4. The average molecular weight is 243 g/mol. The summed E-state index contributed by atoms with van der Waals surface area (Å²) in [4.78, 5) is 11.3.